The molecule has 1 rings (SSSR count). The van der Waals surface area contributed by atoms with E-state index >= 15 is 0 Å². The quantitative estimate of drug-likeness (QED) is 0.474. The van der Waals surface area contributed by atoms with Gasteiger partial charge < -0.3 is 13.6 Å². The van der Waals surface area contributed by atoms with Crippen molar-refractivity contribution in [3.05, 3.63) is 24.3 Å². The fourth-order valence-corrected chi connectivity index (χ4v) is 3.38. The third-order valence-electron chi connectivity index (χ3n) is 2.93. The molecular formula is C17H30O3Si. The van der Waals surface area contributed by atoms with Gasteiger partial charge in [-0.1, -0.05) is 13.8 Å². The second kappa shape index (κ2) is 8.44. The van der Waals surface area contributed by atoms with Gasteiger partial charge in [-0.15, -0.1) is 0 Å². The minimum atomic E-state index is -2.11. The third kappa shape index (κ3) is 8.12. The molecule has 0 saturated carbocycles. The first kappa shape index (κ1) is 18.0. The van der Waals surface area contributed by atoms with Crippen molar-refractivity contribution in [2.45, 2.75) is 59.7 Å². The van der Waals surface area contributed by atoms with E-state index in [4.69, 9.17) is 13.6 Å². The van der Waals surface area contributed by atoms with Gasteiger partial charge in [-0.05, 0) is 70.0 Å². The van der Waals surface area contributed by atoms with Gasteiger partial charge >= 0.3 is 8.56 Å². The fourth-order valence-electron chi connectivity index (χ4n) is 1.98. The Morgan fingerprint density at radius 3 is 2.05 bits per heavy atom. The summed E-state index contributed by atoms with van der Waals surface area (Å²) in [5, 5.41) is 0. The van der Waals surface area contributed by atoms with E-state index in [2.05, 4.69) is 26.9 Å². The van der Waals surface area contributed by atoms with Gasteiger partial charge in [-0.25, -0.2) is 0 Å². The maximum absolute atomic E-state index is 6.03. The van der Waals surface area contributed by atoms with E-state index < -0.39 is 8.56 Å². The predicted octanol–water partition coefficient (Wildman–Crippen LogP) is 5.01. The van der Waals surface area contributed by atoms with Crippen LogP contribution in [-0.2, 0) is 4.43 Å². The second-order valence-corrected chi connectivity index (χ2v) is 9.82. The Balaban J connectivity index is 2.43. The lowest BCUT2D eigenvalue weighted by Crippen LogP contribution is -2.38. The van der Waals surface area contributed by atoms with Crippen LogP contribution in [0.25, 0.3) is 0 Å². The number of ether oxygens (including phenoxy) is 1. The molecule has 0 saturated heterocycles. The molecular weight excluding hydrogens is 280 g/mol. The van der Waals surface area contributed by atoms with E-state index in [-0.39, 0.29) is 6.10 Å². The van der Waals surface area contributed by atoms with Crippen molar-refractivity contribution in [2.24, 2.45) is 5.92 Å². The second-order valence-electron chi connectivity index (χ2n) is 6.52. The van der Waals surface area contributed by atoms with E-state index in [1.807, 2.05) is 38.1 Å². The summed E-state index contributed by atoms with van der Waals surface area (Å²) in [7, 11) is -2.11. The lowest BCUT2D eigenvalue weighted by molar-refractivity contribution is 0.235. The van der Waals surface area contributed by atoms with Crippen LogP contribution in [0.2, 0.25) is 13.1 Å². The zero-order chi connectivity index (χ0) is 15.9. The van der Waals surface area contributed by atoms with Crippen molar-refractivity contribution < 1.29 is 13.6 Å². The van der Waals surface area contributed by atoms with Crippen molar-refractivity contribution in [2.75, 3.05) is 6.61 Å². The Morgan fingerprint density at radius 2 is 1.52 bits per heavy atom. The van der Waals surface area contributed by atoms with Crippen LogP contribution in [0.5, 0.6) is 11.5 Å². The molecule has 4 heteroatoms. The molecule has 0 N–H and O–H groups in total. The molecule has 0 aromatic heterocycles. The van der Waals surface area contributed by atoms with Crippen LogP contribution in [0.3, 0.4) is 0 Å². The molecule has 120 valence electrons. The van der Waals surface area contributed by atoms with E-state index in [1.165, 1.54) is 6.42 Å². The van der Waals surface area contributed by atoms with Gasteiger partial charge in [-0.3, -0.25) is 0 Å². The molecule has 0 aliphatic rings. The van der Waals surface area contributed by atoms with Crippen molar-refractivity contribution >= 4 is 8.56 Å². The molecule has 0 bridgehead atoms. The molecule has 0 aliphatic heterocycles. The van der Waals surface area contributed by atoms with Crippen LogP contribution < -0.4 is 9.16 Å². The standard InChI is InChI=1S/C17H30O3Si/c1-14(2)8-7-13-18-21(5,6)20-17-11-9-16(10-12-17)19-15(3)4/h9-12,14-15H,7-8,13H2,1-6H3. The zero-order valence-corrected chi connectivity index (χ0v) is 15.3. The topological polar surface area (TPSA) is 27.7 Å². The summed E-state index contributed by atoms with van der Waals surface area (Å²) in [6, 6.07) is 7.78. The highest BCUT2D eigenvalue weighted by Crippen LogP contribution is 2.22. The van der Waals surface area contributed by atoms with Crippen LogP contribution in [0, 0.1) is 5.92 Å². The fraction of sp³-hybridized carbons (Fsp3) is 0.647. The van der Waals surface area contributed by atoms with Gasteiger partial charge in [0.1, 0.15) is 11.5 Å². The first-order valence-electron chi connectivity index (χ1n) is 7.88. The molecule has 1 aromatic carbocycles. The Hall–Kier alpha value is -1.00. The largest absolute Gasteiger partial charge is 0.520 e. The minimum Gasteiger partial charge on any atom is -0.520 e. The summed E-state index contributed by atoms with van der Waals surface area (Å²) >= 11 is 0. The SMILES string of the molecule is CC(C)CCCO[Si](C)(C)Oc1ccc(OC(C)C)cc1. The molecule has 0 aliphatic carbocycles. The first-order valence-corrected chi connectivity index (χ1v) is 10.7. The number of rotatable bonds is 9. The molecule has 0 amide bonds. The van der Waals surface area contributed by atoms with Gasteiger partial charge in [0, 0.05) is 6.61 Å². The predicted molar refractivity (Wildman–Crippen MR) is 90.3 cm³/mol. The summed E-state index contributed by atoms with van der Waals surface area (Å²) in [6.07, 6.45) is 2.48. The van der Waals surface area contributed by atoms with Crippen molar-refractivity contribution in [3.63, 3.8) is 0 Å². The van der Waals surface area contributed by atoms with E-state index in [0.29, 0.717) is 0 Å². The average molecular weight is 311 g/mol. The highest BCUT2D eigenvalue weighted by molar-refractivity contribution is 6.65. The Bertz CT molecular complexity index is 399. The van der Waals surface area contributed by atoms with Crippen molar-refractivity contribution in [1.29, 1.82) is 0 Å². The van der Waals surface area contributed by atoms with Crippen LogP contribution >= 0.6 is 0 Å². The lowest BCUT2D eigenvalue weighted by atomic mass is 10.1. The van der Waals surface area contributed by atoms with E-state index in [0.717, 1.165) is 30.4 Å². The Labute approximate surface area is 130 Å². The van der Waals surface area contributed by atoms with Crippen LogP contribution in [0.1, 0.15) is 40.5 Å². The van der Waals surface area contributed by atoms with E-state index in [9.17, 15) is 0 Å². The molecule has 0 spiro atoms. The third-order valence-corrected chi connectivity index (χ3v) is 4.56. The molecule has 3 nitrogen and oxygen atoms in total. The van der Waals surface area contributed by atoms with Gasteiger partial charge in [0.15, 0.2) is 0 Å². The number of hydrogen-bond donors (Lipinski definition) is 0. The molecule has 0 atom stereocenters. The lowest BCUT2D eigenvalue weighted by Gasteiger charge is -2.24. The van der Waals surface area contributed by atoms with Gasteiger partial charge in [0.25, 0.3) is 0 Å². The Kier molecular flexibility index (Phi) is 7.25. The highest BCUT2D eigenvalue weighted by atomic mass is 28.4. The van der Waals surface area contributed by atoms with Crippen LogP contribution in [-0.4, -0.2) is 21.3 Å². The molecule has 0 radical (unpaired) electrons. The van der Waals surface area contributed by atoms with Crippen molar-refractivity contribution in [3.8, 4) is 11.5 Å². The monoisotopic (exact) mass is 310 g/mol. The van der Waals surface area contributed by atoms with Gasteiger partial charge in [0.2, 0.25) is 0 Å². The van der Waals surface area contributed by atoms with Crippen LogP contribution in [0.15, 0.2) is 24.3 Å². The van der Waals surface area contributed by atoms with Gasteiger partial charge in [-0.2, -0.15) is 0 Å². The number of hydrogen-bond acceptors (Lipinski definition) is 3. The molecule has 0 fully saturated rings. The summed E-state index contributed by atoms with van der Waals surface area (Å²) in [4.78, 5) is 0. The Morgan fingerprint density at radius 1 is 0.952 bits per heavy atom. The first-order chi connectivity index (χ1) is 9.78. The molecule has 0 unspecified atom stereocenters. The average Bonchev–Trinajstić information content (AvgIpc) is 2.36. The summed E-state index contributed by atoms with van der Waals surface area (Å²) in [5.74, 6) is 2.45. The maximum atomic E-state index is 6.03. The maximum Gasteiger partial charge on any atom is 0.392 e. The summed E-state index contributed by atoms with van der Waals surface area (Å²) in [6.45, 7) is 13.5. The van der Waals surface area contributed by atoms with Crippen LogP contribution in [0.4, 0.5) is 0 Å². The normalized spacial score (nSPS) is 12.0. The molecule has 1 aromatic rings. The number of benzene rings is 1. The zero-order valence-electron chi connectivity index (χ0n) is 14.3. The van der Waals surface area contributed by atoms with E-state index in [1.54, 1.807) is 0 Å². The summed E-state index contributed by atoms with van der Waals surface area (Å²) < 4.78 is 17.6. The van der Waals surface area contributed by atoms with Gasteiger partial charge in [0.05, 0.1) is 6.10 Å². The summed E-state index contributed by atoms with van der Waals surface area (Å²) in [5.41, 5.74) is 0. The highest BCUT2D eigenvalue weighted by Gasteiger charge is 2.26. The smallest absolute Gasteiger partial charge is 0.392 e. The minimum absolute atomic E-state index is 0.187. The molecule has 0 heterocycles. The van der Waals surface area contributed by atoms with Crippen molar-refractivity contribution in [1.82, 2.24) is 0 Å². The molecule has 21 heavy (non-hydrogen) atoms.